The number of hydrogen-bond donors (Lipinski definition) is 1. The predicted molar refractivity (Wildman–Crippen MR) is 76.0 cm³/mol. The molecule has 0 aromatic carbocycles. The molecule has 2 atom stereocenters. The molecule has 2 aromatic heterocycles. The number of nitrogens with one attached hydrogen (secondary N) is 1. The van der Waals surface area contributed by atoms with E-state index in [9.17, 15) is 0 Å². The first-order chi connectivity index (χ1) is 9.83. The SMILES string of the molecule is Cn1cc([C@@H]2OCC[C@H]2CNCc2ccccn2)cn1. The lowest BCUT2D eigenvalue weighted by Gasteiger charge is -2.17. The number of pyridine rings is 1. The molecule has 1 aliphatic rings. The summed E-state index contributed by atoms with van der Waals surface area (Å²) in [5.41, 5.74) is 2.25. The molecule has 1 fully saturated rings. The van der Waals surface area contributed by atoms with Crippen LogP contribution in [-0.2, 0) is 18.3 Å². The molecular weight excluding hydrogens is 252 g/mol. The highest BCUT2D eigenvalue weighted by Crippen LogP contribution is 2.33. The largest absolute Gasteiger partial charge is 0.373 e. The highest BCUT2D eigenvalue weighted by atomic mass is 16.5. The Kier molecular flexibility index (Phi) is 4.08. The van der Waals surface area contributed by atoms with Gasteiger partial charge in [-0.1, -0.05) is 6.07 Å². The average Bonchev–Trinajstić information content (AvgIpc) is 3.09. The fourth-order valence-corrected chi connectivity index (χ4v) is 2.69. The quantitative estimate of drug-likeness (QED) is 0.900. The van der Waals surface area contributed by atoms with Gasteiger partial charge in [0.05, 0.1) is 18.0 Å². The summed E-state index contributed by atoms with van der Waals surface area (Å²) in [6, 6.07) is 5.99. The maximum atomic E-state index is 5.86. The van der Waals surface area contributed by atoms with Crippen molar-refractivity contribution in [2.45, 2.75) is 19.1 Å². The van der Waals surface area contributed by atoms with Gasteiger partial charge in [0.25, 0.3) is 0 Å². The molecule has 0 unspecified atom stereocenters. The minimum absolute atomic E-state index is 0.167. The molecule has 0 saturated carbocycles. The van der Waals surface area contributed by atoms with Crippen LogP contribution >= 0.6 is 0 Å². The molecule has 5 nitrogen and oxygen atoms in total. The van der Waals surface area contributed by atoms with E-state index in [1.165, 1.54) is 5.56 Å². The topological polar surface area (TPSA) is 52.0 Å². The van der Waals surface area contributed by atoms with Crippen LogP contribution < -0.4 is 5.32 Å². The molecule has 20 heavy (non-hydrogen) atoms. The van der Waals surface area contributed by atoms with Gasteiger partial charge in [-0.25, -0.2) is 0 Å². The normalized spacial score (nSPS) is 22.2. The van der Waals surface area contributed by atoms with Crippen LogP contribution in [0.25, 0.3) is 0 Å². The number of hydrogen-bond acceptors (Lipinski definition) is 4. The maximum Gasteiger partial charge on any atom is 0.0896 e. The van der Waals surface area contributed by atoms with Crippen LogP contribution in [0.15, 0.2) is 36.8 Å². The van der Waals surface area contributed by atoms with Crippen molar-refractivity contribution in [1.29, 1.82) is 0 Å². The minimum atomic E-state index is 0.167. The van der Waals surface area contributed by atoms with Gasteiger partial charge in [-0.3, -0.25) is 9.67 Å². The zero-order chi connectivity index (χ0) is 13.8. The third-order valence-electron chi connectivity index (χ3n) is 3.71. The Balaban J connectivity index is 1.54. The third-order valence-corrected chi connectivity index (χ3v) is 3.71. The molecule has 0 bridgehead atoms. The summed E-state index contributed by atoms with van der Waals surface area (Å²) < 4.78 is 7.69. The Morgan fingerprint density at radius 1 is 1.45 bits per heavy atom. The van der Waals surface area contributed by atoms with Crippen molar-refractivity contribution in [3.05, 3.63) is 48.0 Å². The Bertz CT molecular complexity index is 540. The number of ether oxygens (including phenoxy) is 1. The summed E-state index contributed by atoms with van der Waals surface area (Å²) in [5, 5.41) is 7.71. The molecule has 3 rings (SSSR count). The Morgan fingerprint density at radius 3 is 3.15 bits per heavy atom. The fraction of sp³-hybridized carbons (Fsp3) is 0.467. The molecular formula is C15H20N4O. The van der Waals surface area contributed by atoms with Crippen molar-refractivity contribution in [3.8, 4) is 0 Å². The second kappa shape index (κ2) is 6.15. The van der Waals surface area contributed by atoms with Gasteiger partial charge in [0.15, 0.2) is 0 Å². The van der Waals surface area contributed by atoms with Crippen LogP contribution in [0.4, 0.5) is 0 Å². The minimum Gasteiger partial charge on any atom is -0.373 e. The maximum absolute atomic E-state index is 5.86. The van der Waals surface area contributed by atoms with Crippen LogP contribution in [0.5, 0.6) is 0 Å². The second-order valence-corrected chi connectivity index (χ2v) is 5.24. The lowest BCUT2D eigenvalue weighted by Crippen LogP contribution is -2.24. The molecule has 1 aliphatic heterocycles. The first-order valence-electron chi connectivity index (χ1n) is 7.03. The van der Waals surface area contributed by atoms with E-state index in [1.54, 1.807) is 0 Å². The molecule has 1 saturated heterocycles. The molecule has 2 aromatic rings. The van der Waals surface area contributed by atoms with Gasteiger partial charge in [0.1, 0.15) is 0 Å². The molecule has 0 amide bonds. The van der Waals surface area contributed by atoms with Crippen molar-refractivity contribution in [3.63, 3.8) is 0 Å². The van der Waals surface area contributed by atoms with Gasteiger partial charge in [-0.15, -0.1) is 0 Å². The van der Waals surface area contributed by atoms with Gasteiger partial charge >= 0.3 is 0 Å². The fourth-order valence-electron chi connectivity index (χ4n) is 2.69. The Morgan fingerprint density at radius 2 is 2.40 bits per heavy atom. The van der Waals surface area contributed by atoms with Crippen LogP contribution in [0.1, 0.15) is 23.8 Å². The smallest absolute Gasteiger partial charge is 0.0896 e. The van der Waals surface area contributed by atoms with E-state index in [0.29, 0.717) is 5.92 Å². The summed E-state index contributed by atoms with van der Waals surface area (Å²) in [4.78, 5) is 4.32. The molecule has 1 N–H and O–H groups in total. The molecule has 3 heterocycles. The van der Waals surface area contributed by atoms with E-state index in [0.717, 1.165) is 31.8 Å². The van der Waals surface area contributed by atoms with Crippen LogP contribution in [-0.4, -0.2) is 27.9 Å². The highest BCUT2D eigenvalue weighted by molar-refractivity contribution is 5.11. The average molecular weight is 272 g/mol. The monoisotopic (exact) mass is 272 g/mol. The van der Waals surface area contributed by atoms with E-state index in [4.69, 9.17) is 4.74 Å². The van der Waals surface area contributed by atoms with Gasteiger partial charge in [-0.05, 0) is 18.6 Å². The van der Waals surface area contributed by atoms with Crippen LogP contribution in [0, 0.1) is 5.92 Å². The van der Waals surface area contributed by atoms with Gasteiger partial charge in [-0.2, -0.15) is 5.10 Å². The van der Waals surface area contributed by atoms with E-state index < -0.39 is 0 Å². The number of aryl methyl sites for hydroxylation is 1. The Hall–Kier alpha value is -1.72. The molecule has 0 radical (unpaired) electrons. The summed E-state index contributed by atoms with van der Waals surface area (Å²) in [7, 11) is 1.94. The van der Waals surface area contributed by atoms with Gasteiger partial charge in [0.2, 0.25) is 0 Å². The van der Waals surface area contributed by atoms with E-state index in [2.05, 4.69) is 15.4 Å². The highest BCUT2D eigenvalue weighted by Gasteiger charge is 2.30. The van der Waals surface area contributed by atoms with Crippen LogP contribution in [0.2, 0.25) is 0 Å². The summed E-state index contributed by atoms with van der Waals surface area (Å²) in [6.07, 6.45) is 7.03. The van der Waals surface area contributed by atoms with Crippen molar-refractivity contribution in [2.75, 3.05) is 13.2 Å². The van der Waals surface area contributed by atoms with Crippen molar-refractivity contribution in [2.24, 2.45) is 13.0 Å². The lowest BCUT2D eigenvalue weighted by molar-refractivity contribution is 0.0904. The molecule has 106 valence electrons. The molecule has 5 heteroatoms. The first kappa shape index (κ1) is 13.3. The summed E-state index contributed by atoms with van der Waals surface area (Å²) >= 11 is 0. The zero-order valence-electron chi connectivity index (χ0n) is 11.7. The van der Waals surface area contributed by atoms with E-state index in [1.807, 2.05) is 48.5 Å². The molecule has 0 aliphatic carbocycles. The van der Waals surface area contributed by atoms with E-state index in [-0.39, 0.29) is 6.10 Å². The summed E-state index contributed by atoms with van der Waals surface area (Å²) in [6.45, 7) is 2.57. The van der Waals surface area contributed by atoms with Gasteiger partial charge in [0, 0.05) is 50.6 Å². The number of rotatable bonds is 5. The number of nitrogens with zero attached hydrogens (tertiary/aromatic N) is 3. The zero-order valence-corrected chi connectivity index (χ0v) is 11.7. The third kappa shape index (κ3) is 3.05. The number of aromatic nitrogens is 3. The van der Waals surface area contributed by atoms with Crippen molar-refractivity contribution in [1.82, 2.24) is 20.1 Å². The van der Waals surface area contributed by atoms with Crippen molar-refractivity contribution >= 4 is 0 Å². The van der Waals surface area contributed by atoms with Crippen molar-refractivity contribution < 1.29 is 4.74 Å². The predicted octanol–water partition coefficient (Wildman–Crippen LogP) is 1.68. The van der Waals surface area contributed by atoms with Gasteiger partial charge < -0.3 is 10.1 Å². The standard InChI is InChI=1S/C15H20N4O/c1-19-11-13(9-18-19)15-12(5-7-20-15)8-16-10-14-4-2-3-6-17-14/h2-4,6,9,11-12,15-16H,5,7-8,10H2,1H3/t12-,15+/m0/s1. The van der Waals surface area contributed by atoms with Crippen LogP contribution in [0.3, 0.4) is 0 Å². The van der Waals surface area contributed by atoms with E-state index >= 15 is 0 Å². The first-order valence-corrected chi connectivity index (χ1v) is 7.03. The molecule has 0 spiro atoms. The Labute approximate surface area is 119 Å². The second-order valence-electron chi connectivity index (χ2n) is 5.24. The summed E-state index contributed by atoms with van der Waals surface area (Å²) in [5.74, 6) is 0.503. The lowest BCUT2D eigenvalue weighted by atomic mass is 9.97.